The Morgan fingerprint density at radius 1 is 0.771 bits per heavy atom. The number of hydrogen-bond acceptors (Lipinski definition) is 1. The first-order valence-electron chi connectivity index (χ1n) is 12.6. The Morgan fingerprint density at radius 2 is 1.51 bits per heavy atom. The van der Waals surface area contributed by atoms with Gasteiger partial charge in [-0.15, -0.1) is 0 Å². The summed E-state index contributed by atoms with van der Waals surface area (Å²) in [5, 5.41) is 2.35. The third-order valence-electron chi connectivity index (χ3n) is 8.11. The van der Waals surface area contributed by atoms with Crippen LogP contribution in [0.25, 0.3) is 44.3 Å². The highest BCUT2D eigenvalue weighted by Crippen LogP contribution is 2.50. The zero-order chi connectivity index (χ0) is 24.7. The van der Waals surface area contributed by atoms with Crippen LogP contribution in [0, 0.1) is 13.8 Å². The van der Waals surface area contributed by atoms with Crippen LogP contribution in [0.3, 0.4) is 0 Å². The third kappa shape index (κ3) is 3.26. The molecule has 0 aliphatic heterocycles. The number of pyridine rings is 1. The molecule has 5 aromatic rings. The summed E-state index contributed by atoms with van der Waals surface area (Å²) < 4.78 is 8.99. The lowest BCUT2D eigenvalue weighted by molar-refractivity contribution is -0.660. The van der Waals surface area contributed by atoms with E-state index in [4.69, 9.17) is 4.42 Å². The SMILES string of the molecule is Cc1cc[n+](C)c(-c2c(C)ccc3c2oc2c(-c4ccc5c(c4)C(C)(C)CC5(C)C)cccc23)c1. The van der Waals surface area contributed by atoms with E-state index in [1.165, 1.54) is 61.8 Å². The Kier molecular flexibility index (Phi) is 4.61. The molecule has 0 amide bonds. The minimum atomic E-state index is 0.167. The number of hydrogen-bond donors (Lipinski definition) is 0. The summed E-state index contributed by atoms with van der Waals surface area (Å²) in [7, 11) is 2.11. The summed E-state index contributed by atoms with van der Waals surface area (Å²) in [6.45, 7) is 13.8. The zero-order valence-electron chi connectivity index (χ0n) is 21.9. The van der Waals surface area contributed by atoms with E-state index in [9.17, 15) is 0 Å². The third-order valence-corrected chi connectivity index (χ3v) is 8.11. The number of fused-ring (bicyclic) bond motifs is 4. The van der Waals surface area contributed by atoms with Gasteiger partial charge in [0.15, 0.2) is 6.20 Å². The van der Waals surface area contributed by atoms with Gasteiger partial charge in [0.2, 0.25) is 5.69 Å². The standard InChI is InChI=1S/C33H34NO/c1-20-15-16-34(7)28(17-20)29-21(2)11-13-25-24-10-8-9-23(30(24)35-31(25)29)22-12-14-26-27(18-22)33(5,6)19-32(26,3)4/h8-18H,19H2,1-7H3/q+1. The average molecular weight is 461 g/mol. The number of rotatable bonds is 2. The minimum Gasteiger partial charge on any atom is -0.454 e. The Labute approximate surface area is 208 Å². The number of furan rings is 1. The van der Waals surface area contributed by atoms with Gasteiger partial charge in [-0.3, -0.25) is 0 Å². The number of aromatic nitrogens is 1. The number of nitrogens with zero attached hydrogens (tertiary/aromatic N) is 1. The maximum absolute atomic E-state index is 6.80. The van der Waals surface area contributed by atoms with Crippen LogP contribution in [-0.4, -0.2) is 0 Å². The van der Waals surface area contributed by atoms with Gasteiger partial charge in [0.05, 0.1) is 5.56 Å². The quantitative estimate of drug-likeness (QED) is 0.242. The van der Waals surface area contributed by atoms with Gasteiger partial charge < -0.3 is 4.42 Å². The highest BCUT2D eigenvalue weighted by atomic mass is 16.3. The second kappa shape index (κ2) is 7.31. The smallest absolute Gasteiger partial charge is 0.216 e. The maximum Gasteiger partial charge on any atom is 0.216 e. The molecule has 2 heteroatoms. The van der Waals surface area contributed by atoms with Crippen LogP contribution in [-0.2, 0) is 17.9 Å². The van der Waals surface area contributed by atoms with Crippen molar-refractivity contribution in [2.45, 2.75) is 58.8 Å². The normalized spacial score (nSPS) is 16.2. The molecule has 2 heterocycles. The van der Waals surface area contributed by atoms with E-state index in [2.05, 4.69) is 120 Å². The van der Waals surface area contributed by atoms with Crippen molar-refractivity contribution < 1.29 is 8.98 Å². The van der Waals surface area contributed by atoms with E-state index < -0.39 is 0 Å². The van der Waals surface area contributed by atoms with Crippen LogP contribution in [0.4, 0.5) is 0 Å². The molecule has 0 bridgehead atoms. The fourth-order valence-electron chi connectivity index (χ4n) is 6.59. The fraction of sp³-hybridized carbons (Fsp3) is 0.303. The first kappa shape index (κ1) is 22.1. The summed E-state index contributed by atoms with van der Waals surface area (Å²) in [5.74, 6) is 0. The van der Waals surface area contributed by atoms with Crippen LogP contribution in [0.2, 0.25) is 0 Å². The Morgan fingerprint density at radius 3 is 2.31 bits per heavy atom. The second-order valence-corrected chi connectivity index (χ2v) is 11.8. The van der Waals surface area contributed by atoms with Gasteiger partial charge in [0.1, 0.15) is 18.2 Å². The van der Waals surface area contributed by atoms with Gasteiger partial charge in [0, 0.05) is 28.5 Å². The van der Waals surface area contributed by atoms with E-state index in [0.29, 0.717) is 0 Å². The summed E-state index contributed by atoms with van der Waals surface area (Å²) in [4.78, 5) is 0. The number of para-hydroxylation sites is 1. The van der Waals surface area contributed by atoms with Crippen molar-refractivity contribution >= 4 is 21.9 Å². The van der Waals surface area contributed by atoms with Crippen molar-refractivity contribution in [1.82, 2.24) is 0 Å². The van der Waals surface area contributed by atoms with Crippen molar-refractivity contribution in [3.05, 3.63) is 89.1 Å². The van der Waals surface area contributed by atoms with Gasteiger partial charge in [0.25, 0.3) is 0 Å². The minimum absolute atomic E-state index is 0.167. The molecule has 176 valence electrons. The highest BCUT2D eigenvalue weighted by Gasteiger charge is 2.41. The maximum atomic E-state index is 6.80. The number of aryl methyl sites for hydroxylation is 3. The lowest BCUT2D eigenvalue weighted by Crippen LogP contribution is -2.30. The predicted molar refractivity (Wildman–Crippen MR) is 146 cm³/mol. The predicted octanol–water partition coefficient (Wildman–Crippen LogP) is 8.32. The van der Waals surface area contributed by atoms with Crippen LogP contribution in [0.15, 0.2) is 71.3 Å². The number of benzene rings is 3. The molecule has 0 fully saturated rings. The van der Waals surface area contributed by atoms with E-state index in [1.54, 1.807) is 0 Å². The second-order valence-electron chi connectivity index (χ2n) is 11.8. The summed E-state index contributed by atoms with van der Waals surface area (Å²) >= 11 is 0. The molecule has 3 aromatic carbocycles. The van der Waals surface area contributed by atoms with Gasteiger partial charge in [-0.1, -0.05) is 76.2 Å². The van der Waals surface area contributed by atoms with Gasteiger partial charge in [-0.2, -0.15) is 0 Å². The lowest BCUT2D eigenvalue weighted by atomic mass is 9.82. The topological polar surface area (TPSA) is 17.0 Å². The summed E-state index contributed by atoms with van der Waals surface area (Å²) in [6.07, 6.45) is 3.30. The van der Waals surface area contributed by atoms with Crippen LogP contribution in [0.1, 0.15) is 56.4 Å². The first-order valence-corrected chi connectivity index (χ1v) is 12.6. The molecule has 0 saturated heterocycles. The van der Waals surface area contributed by atoms with Gasteiger partial charge in [-0.05, 0) is 58.9 Å². The van der Waals surface area contributed by atoms with Crippen molar-refractivity contribution in [3.63, 3.8) is 0 Å². The molecule has 35 heavy (non-hydrogen) atoms. The van der Waals surface area contributed by atoms with E-state index >= 15 is 0 Å². The van der Waals surface area contributed by atoms with Gasteiger partial charge in [-0.25, -0.2) is 4.57 Å². The molecule has 0 atom stereocenters. The molecule has 2 nitrogen and oxygen atoms in total. The van der Waals surface area contributed by atoms with Crippen molar-refractivity contribution in [2.75, 3.05) is 0 Å². The molecule has 0 unspecified atom stereocenters. The Hall–Kier alpha value is -3.39. The molecule has 0 spiro atoms. The van der Waals surface area contributed by atoms with Crippen molar-refractivity contribution in [1.29, 1.82) is 0 Å². The van der Waals surface area contributed by atoms with E-state index in [0.717, 1.165) is 11.2 Å². The van der Waals surface area contributed by atoms with Crippen LogP contribution < -0.4 is 4.57 Å². The summed E-state index contributed by atoms with van der Waals surface area (Å²) in [5.41, 5.74) is 12.5. The molecule has 6 rings (SSSR count). The lowest BCUT2D eigenvalue weighted by Gasteiger charge is -2.22. The Balaban J connectivity index is 1.62. The molecule has 2 aromatic heterocycles. The fourth-order valence-corrected chi connectivity index (χ4v) is 6.59. The molecule has 1 aliphatic rings. The molecular weight excluding hydrogens is 426 g/mol. The largest absolute Gasteiger partial charge is 0.454 e. The van der Waals surface area contributed by atoms with Crippen LogP contribution in [0.5, 0.6) is 0 Å². The first-order chi connectivity index (χ1) is 16.6. The highest BCUT2D eigenvalue weighted by molar-refractivity contribution is 6.13. The van der Waals surface area contributed by atoms with E-state index in [1.807, 2.05) is 0 Å². The zero-order valence-corrected chi connectivity index (χ0v) is 21.9. The van der Waals surface area contributed by atoms with E-state index in [-0.39, 0.29) is 10.8 Å². The van der Waals surface area contributed by atoms with Crippen LogP contribution >= 0.6 is 0 Å². The summed E-state index contributed by atoms with van der Waals surface area (Å²) in [6, 6.07) is 22.5. The Bertz CT molecular complexity index is 1650. The molecular formula is C33H34NO+. The van der Waals surface area contributed by atoms with Crippen molar-refractivity contribution in [2.24, 2.45) is 7.05 Å². The molecule has 0 saturated carbocycles. The molecule has 0 radical (unpaired) electrons. The molecule has 1 aliphatic carbocycles. The monoisotopic (exact) mass is 460 g/mol. The average Bonchev–Trinajstić information content (AvgIpc) is 3.26. The molecule has 0 N–H and O–H groups in total. The van der Waals surface area contributed by atoms with Gasteiger partial charge >= 0.3 is 0 Å². The van der Waals surface area contributed by atoms with Crippen molar-refractivity contribution in [3.8, 4) is 22.4 Å².